The lowest BCUT2D eigenvalue weighted by Crippen LogP contribution is -1.86. The van der Waals surface area contributed by atoms with Crippen LogP contribution in [0.1, 0.15) is 0 Å². The summed E-state index contributed by atoms with van der Waals surface area (Å²) in [5.41, 5.74) is 8.44. The highest BCUT2D eigenvalue weighted by Crippen LogP contribution is 2.32. The Morgan fingerprint density at radius 3 is 2.84 bits per heavy atom. The molecule has 1 aromatic heterocycles. The normalized spacial score (nSPS) is 10.8. The number of oxazole rings is 1. The number of hydrogen-bond acceptors (Lipinski definition) is 4. The van der Waals surface area contributed by atoms with Crippen molar-refractivity contribution < 1.29 is 9.15 Å². The van der Waals surface area contributed by atoms with Crippen molar-refractivity contribution >= 4 is 28.4 Å². The minimum atomic E-state index is 0.445. The molecule has 0 atom stereocenters. The molecule has 0 unspecified atom stereocenters. The van der Waals surface area contributed by atoms with E-state index in [1.165, 1.54) is 0 Å². The molecule has 2 N–H and O–H groups in total. The Morgan fingerprint density at radius 2 is 2.05 bits per heavy atom. The minimum Gasteiger partial charge on any atom is -0.497 e. The number of hydrogen-bond donors (Lipinski definition) is 1. The van der Waals surface area contributed by atoms with Gasteiger partial charge in [0.1, 0.15) is 11.3 Å². The van der Waals surface area contributed by atoms with E-state index in [1.54, 1.807) is 31.4 Å². The third kappa shape index (κ3) is 2.11. The van der Waals surface area contributed by atoms with Crippen molar-refractivity contribution in [3.05, 3.63) is 41.4 Å². The van der Waals surface area contributed by atoms with Crippen LogP contribution in [0.15, 0.2) is 40.8 Å². The summed E-state index contributed by atoms with van der Waals surface area (Å²) in [6.45, 7) is 0. The molecule has 4 nitrogen and oxygen atoms in total. The molecule has 0 saturated heterocycles. The van der Waals surface area contributed by atoms with E-state index in [0.717, 1.165) is 5.52 Å². The third-order valence-corrected chi connectivity index (χ3v) is 3.15. The molecule has 3 aromatic rings. The fourth-order valence-corrected chi connectivity index (χ4v) is 2.05. The van der Waals surface area contributed by atoms with E-state index in [9.17, 15) is 0 Å². The molecular formula is C14H11ClN2O2. The van der Waals surface area contributed by atoms with Gasteiger partial charge in [-0.1, -0.05) is 11.6 Å². The Morgan fingerprint density at radius 1 is 1.21 bits per heavy atom. The molecule has 19 heavy (non-hydrogen) atoms. The first kappa shape index (κ1) is 11.9. The van der Waals surface area contributed by atoms with Crippen LogP contribution in [0, 0.1) is 0 Å². The molecule has 0 bridgehead atoms. The monoisotopic (exact) mass is 274 g/mol. The molecule has 96 valence electrons. The summed E-state index contributed by atoms with van der Waals surface area (Å²) in [4.78, 5) is 4.40. The van der Waals surface area contributed by atoms with Crippen molar-refractivity contribution in [2.45, 2.75) is 0 Å². The van der Waals surface area contributed by atoms with Crippen LogP contribution in [0.3, 0.4) is 0 Å². The Bertz CT molecular complexity index is 752. The lowest BCUT2D eigenvalue weighted by molar-refractivity contribution is 0.414. The molecule has 3 rings (SSSR count). The topological polar surface area (TPSA) is 61.3 Å². The lowest BCUT2D eigenvalue weighted by Gasteiger charge is -2.00. The maximum absolute atomic E-state index is 6.14. The summed E-state index contributed by atoms with van der Waals surface area (Å²) >= 11 is 6.14. The van der Waals surface area contributed by atoms with Crippen molar-refractivity contribution in [3.63, 3.8) is 0 Å². The van der Waals surface area contributed by atoms with Gasteiger partial charge in [-0.2, -0.15) is 0 Å². The number of nitrogen functional groups attached to an aromatic ring is 1. The molecule has 1 heterocycles. The van der Waals surface area contributed by atoms with E-state index in [0.29, 0.717) is 33.5 Å². The van der Waals surface area contributed by atoms with Gasteiger partial charge in [-0.05, 0) is 30.3 Å². The zero-order valence-corrected chi connectivity index (χ0v) is 10.9. The quantitative estimate of drug-likeness (QED) is 0.723. The van der Waals surface area contributed by atoms with Gasteiger partial charge in [0, 0.05) is 11.8 Å². The van der Waals surface area contributed by atoms with Crippen LogP contribution >= 0.6 is 11.6 Å². The summed E-state index contributed by atoms with van der Waals surface area (Å²) in [5.74, 6) is 1.16. The van der Waals surface area contributed by atoms with Crippen LogP contribution in [0.25, 0.3) is 22.6 Å². The molecule has 0 aliphatic heterocycles. The van der Waals surface area contributed by atoms with Gasteiger partial charge in [0.25, 0.3) is 0 Å². The highest BCUT2D eigenvalue weighted by atomic mass is 35.5. The SMILES string of the molecule is COc1ccc2nc(-c3cc(N)ccc3Cl)oc2c1. The second kappa shape index (κ2) is 4.48. The standard InChI is InChI=1S/C14H11ClN2O2/c1-18-9-3-5-12-13(7-9)19-14(17-12)10-6-8(16)2-4-11(10)15/h2-7H,16H2,1H3. The van der Waals surface area contributed by atoms with Gasteiger partial charge in [0.15, 0.2) is 5.58 Å². The minimum absolute atomic E-state index is 0.445. The number of methoxy groups -OCH3 is 1. The van der Waals surface area contributed by atoms with Crippen LogP contribution in [0.2, 0.25) is 5.02 Å². The van der Waals surface area contributed by atoms with Gasteiger partial charge in [0.2, 0.25) is 5.89 Å². The summed E-state index contributed by atoms with van der Waals surface area (Å²) in [5, 5.41) is 0.549. The molecule has 0 aliphatic carbocycles. The zero-order valence-electron chi connectivity index (χ0n) is 10.2. The van der Waals surface area contributed by atoms with Crippen LogP contribution in [-0.4, -0.2) is 12.1 Å². The van der Waals surface area contributed by atoms with E-state index in [1.807, 2.05) is 12.1 Å². The lowest BCUT2D eigenvalue weighted by atomic mass is 10.2. The zero-order chi connectivity index (χ0) is 13.4. The number of nitrogens with two attached hydrogens (primary N) is 1. The number of halogens is 1. The van der Waals surface area contributed by atoms with Gasteiger partial charge < -0.3 is 14.9 Å². The molecule has 2 aromatic carbocycles. The van der Waals surface area contributed by atoms with Crippen LogP contribution < -0.4 is 10.5 Å². The third-order valence-electron chi connectivity index (χ3n) is 2.82. The molecule has 0 amide bonds. The summed E-state index contributed by atoms with van der Waals surface area (Å²) in [7, 11) is 1.60. The number of anilines is 1. The maximum Gasteiger partial charge on any atom is 0.228 e. The predicted molar refractivity (Wildman–Crippen MR) is 75.4 cm³/mol. The Labute approximate surface area is 114 Å². The van der Waals surface area contributed by atoms with E-state index < -0.39 is 0 Å². The Hall–Kier alpha value is -2.20. The first-order chi connectivity index (χ1) is 9.17. The second-order valence-corrected chi connectivity index (χ2v) is 4.50. The van der Waals surface area contributed by atoms with Crippen molar-refractivity contribution in [1.82, 2.24) is 4.98 Å². The predicted octanol–water partition coefficient (Wildman–Crippen LogP) is 3.74. The molecule has 0 fully saturated rings. The number of ether oxygens (including phenoxy) is 1. The van der Waals surface area contributed by atoms with Gasteiger partial charge in [-0.15, -0.1) is 0 Å². The van der Waals surface area contributed by atoms with E-state index in [-0.39, 0.29) is 0 Å². The van der Waals surface area contributed by atoms with E-state index in [4.69, 9.17) is 26.5 Å². The molecule has 5 heteroatoms. The number of aromatic nitrogens is 1. The van der Waals surface area contributed by atoms with E-state index in [2.05, 4.69) is 4.98 Å². The fourth-order valence-electron chi connectivity index (χ4n) is 1.85. The molecule has 0 saturated carbocycles. The first-order valence-electron chi connectivity index (χ1n) is 5.67. The van der Waals surface area contributed by atoms with Gasteiger partial charge in [0.05, 0.1) is 17.7 Å². The van der Waals surface area contributed by atoms with Crippen LogP contribution in [0.5, 0.6) is 5.75 Å². The molecule has 0 spiro atoms. The summed E-state index contributed by atoms with van der Waals surface area (Å²) in [6, 6.07) is 10.6. The average molecular weight is 275 g/mol. The summed E-state index contributed by atoms with van der Waals surface area (Å²) < 4.78 is 10.8. The van der Waals surface area contributed by atoms with Crippen molar-refractivity contribution in [3.8, 4) is 17.2 Å². The van der Waals surface area contributed by atoms with Crippen molar-refractivity contribution in [2.24, 2.45) is 0 Å². The average Bonchev–Trinajstić information content (AvgIpc) is 2.83. The number of fused-ring (bicyclic) bond motifs is 1. The first-order valence-corrected chi connectivity index (χ1v) is 6.05. The highest BCUT2D eigenvalue weighted by molar-refractivity contribution is 6.33. The smallest absolute Gasteiger partial charge is 0.228 e. The number of nitrogens with zero attached hydrogens (tertiary/aromatic N) is 1. The van der Waals surface area contributed by atoms with Gasteiger partial charge in [-0.25, -0.2) is 4.98 Å². The van der Waals surface area contributed by atoms with Crippen molar-refractivity contribution in [2.75, 3.05) is 12.8 Å². The molecule has 0 radical (unpaired) electrons. The van der Waals surface area contributed by atoms with Gasteiger partial charge >= 0.3 is 0 Å². The number of benzene rings is 2. The van der Waals surface area contributed by atoms with Crippen LogP contribution in [0.4, 0.5) is 5.69 Å². The molecular weight excluding hydrogens is 264 g/mol. The fraction of sp³-hybridized carbons (Fsp3) is 0.0714. The largest absolute Gasteiger partial charge is 0.497 e. The Kier molecular flexibility index (Phi) is 2.80. The van der Waals surface area contributed by atoms with E-state index >= 15 is 0 Å². The van der Waals surface area contributed by atoms with Gasteiger partial charge in [-0.3, -0.25) is 0 Å². The highest BCUT2D eigenvalue weighted by Gasteiger charge is 2.12. The second-order valence-electron chi connectivity index (χ2n) is 4.09. The Balaban J connectivity index is 2.17. The molecule has 0 aliphatic rings. The summed E-state index contributed by atoms with van der Waals surface area (Å²) in [6.07, 6.45) is 0. The van der Waals surface area contributed by atoms with Crippen LogP contribution in [-0.2, 0) is 0 Å². The number of rotatable bonds is 2. The maximum atomic E-state index is 6.14. The van der Waals surface area contributed by atoms with Crippen molar-refractivity contribution in [1.29, 1.82) is 0 Å².